The van der Waals surface area contributed by atoms with Gasteiger partial charge in [-0.2, -0.15) is 0 Å². The van der Waals surface area contributed by atoms with Crippen LogP contribution in [0.1, 0.15) is 16.8 Å². The van der Waals surface area contributed by atoms with Gasteiger partial charge in [0.05, 0.1) is 0 Å². The first-order valence-corrected chi connectivity index (χ1v) is 5.50. The van der Waals surface area contributed by atoms with Crippen molar-refractivity contribution in [3.8, 4) is 0 Å². The molecule has 1 aromatic rings. The number of halogens is 2. The predicted octanol–water partition coefficient (Wildman–Crippen LogP) is 1.40. The van der Waals surface area contributed by atoms with Crippen LogP contribution in [-0.2, 0) is 0 Å². The highest BCUT2D eigenvalue weighted by Gasteiger charge is 2.21. The molecule has 3 nitrogen and oxygen atoms in total. The minimum Gasteiger partial charge on any atom is -0.348 e. The van der Waals surface area contributed by atoms with Gasteiger partial charge >= 0.3 is 0 Å². The van der Waals surface area contributed by atoms with E-state index in [0.717, 1.165) is 37.7 Å². The molecule has 1 aliphatic heterocycles. The summed E-state index contributed by atoms with van der Waals surface area (Å²) in [5, 5.41) is 2.77. The maximum Gasteiger partial charge on any atom is 0.251 e. The summed E-state index contributed by atoms with van der Waals surface area (Å²) in [6, 6.07) is 2.88. The Morgan fingerprint density at radius 1 is 1.35 bits per heavy atom. The van der Waals surface area contributed by atoms with Crippen molar-refractivity contribution in [1.82, 2.24) is 10.2 Å². The van der Waals surface area contributed by atoms with E-state index in [4.69, 9.17) is 0 Å². The molecule has 1 aromatic carbocycles. The molecular formula is C12H14F2N2O. The van der Waals surface area contributed by atoms with Gasteiger partial charge in [-0.25, -0.2) is 8.78 Å². The van der Waals surface area contributed by atoms with Gasteiger partial charge in [-0.1, -0.05) is 0 Å². The average molecular weight is 240 g/mol. The lowest BCUT2D eigenvalue weighted by molar-refractivity contribution is 0.0937. The summed E-state index contributed by atoms with van der Waals surface area (Å²) >= 11 is 0. The monoisotopic (exact) mass is 240 g/mol. The third-order valence-electron chi connectivity index (χ3n) is 2.85. The number of nitrogens with zero attached hydrogens (tertiary/aromatic N) is 1. The Hall–Kier alpha value is -1.49. The van der Waals surface area contributed by atoms with Crippen molar-refractivity contribution >= 4 is 5.91 Å². The SMILES string of the molecule is CN1CCC(NC(=O)c2cc(F)cc(F)c2)C1. The molecule has 0 radical (unpaired) electrons. The van der Waals surface area contributed by atoms with Gasteiger partial charge in [0.2, 0.25) is 0 Å². The molecule has 1 heterocycles. The Morgan fingerprint density at radius 2 is 2.00 bits per heavy atom. The molecule has 1 N–H and O–H groups in total. The fraction of sp³-hybridized carbons (Fsp3) is 0.417. The van der Waals surface area contributed by atoms with E-state index in [0.29, 0.717) is 0 Å². The maximum absolute atomic E-state index is 12.9. The van der Waals surface area contributed by atoms with Crippen molar-refractivity contribution in [3.63, 3.8) is 0 Å². The van der Waals surface area contributed by atoms with Crippen LogP contribution in [-0.4, -0.2) is 37.0 Å². The quantitative estimate of drug-likeness (QED) is 0.847. The number of hydrogen-bond donors (Lipinski definition) is 1. The zero-order valence-electron chi connectivity index (χ0n) is 9.54. The van der Waals surface area contributed by atoms with E-state index < -0.39 is 17.5 Å². The van der Waals surface area contributed by atoms with Gasteiger partial charge in [0, 0.05) is 24.2 Å². The van der Waals surface area contributed by atoms with Crippen molar-refractivity contribution < 1.29 is 13.6 Å². The molecular weight excluding hydrogens is 226 g/mol. The Kier molecular flexibility index (Phi) is 3.38. The molecule has 1 aliphatic rings. The molecule has 2 rings (SSSR count). The maximum atomic E-state index is 12.9. The second-order valence-electron chi connectivity index (χ2n) is 4.38. The Bertz CT molecular complexity index is 416. The molecule has 5 heteroatoms. The van der Waals surface area contributed by atoms with E-state index in [2.05, 4.69) is 10.2 Å². The van der Waals surface area contributed by atoms with Crippen LogP contribution in [0.3, 0.4) is 0 Å². The van der Waals surface area contributed by atoms with Gasteiger partial charge in [0.1, 0.15) is 11.6 Å². The van der Waals surface area contributed by atoms with Crippen molar-refractivity contribution in [3.05, 3.63) is 35.4 Å². The standard InChI is InChI=1S/C12H14F2N2O/c1-16-3-2-11(7-16)15-12(17)8-4-9(13)6-10(14)5-8/h4-6,11H,2-3,7H2,1H3,(H,15,17). The lowest BCUT2D eigenvalue weighted by Gasteiger charge is -2.12. The fourth-order valence-corrected chi connectivity index (χ4v) is 2.01. The number of carbonyl (C=O) groups excluding carboxylic acids is 1. The Morgan fingerprint density at radius 3 is 2.53 bits per heavy atom. The van der Waals surface area contributed by atoms with Crippen molar-refractivity contribution in [1.29, 1.82) is 0 Å². The Balaban J connectivity index is 2.04. The molecule has 0 aromatic heterocycles. The van der Waals surface area contributed by atoms with Crippen LogP contribution >= 0.6 is 0 Å². The molecule has 1 amide bonds. The lowest BCUT2D eigenvalue weighted by Crippen LogP contribution is -2.36. The highest BCUT2D eigenvalue weighted by Crippen LogP contribution is 2.10. The van der Waals surface area contributed by atoms with Crippen molar-refractivity contribution in [2.45, 2.75) is 12.5 Å². The van der Waals surface area contributed by atoms with Gasteiger partial charge in [0.15, 0.2) is 0 Å². The molecule has 0 bridgehead atoms. The average Bonchev–Trinajstić information content (AvgIpc) is 2.62. The summed E-state index contributed by atoms with van der Waals surface area (Å²) in [7, 11) is 1.97. The largest absolute Gasteiger partial charge is 0.348 e. The summed E-state index contributed by atoms with van der Waals surface area (Å²) in [4.78, 5) is 13.8. The third kappa shape index (κ3) is 3.00. The predicted molar refractivity (Wildman–Crippen MR) is 59.7 cm³/mol. The number of benzene rings is 1. The second kappa shape index (κ2) is 4.79. The summed E-state index contributed by atoms with van der Waals surface area (Å²) in [6.45, 7) is 1.69. The number of hydrogen-bond acceptors (Lipinski definition) is 2. The van der Waals surface area contributed by atoms with E-state index in [9.17, 15) is 13.6 Å². The zero-order valence-corrected chi connectivity index (χ0v) is 9.54. The van der Waals surface area contributed by atoms with Crippen LogP contribution in [0.15, 0.2) is 18.2 Å². The highest BCUT2D eigenvalue weighted by molar-refractivity contribution is 5.94. The summed E-state index contributed by atoms with van der Waals surface area (Å²) < 4.78 is 25.9. The molecule has 1 unspecified atom stereocenters. The third-order valence-corrected chi connectivity index (χ3v) is 2.85. The zero-order chi connectivity index (χ0) is 12.4. The Labute approximate surface area is 98.4 Å². The van der Waals surface area contributed by atoms with Crippen LogP contribution in [0.25, 0.3) is 0 Å². The van der Waals surface area contributed by atoms with Gasteiger partial charge in [-0.05, 0) is 32.1 Å². The summed E-state index contributed by atoms with van der Waals surface area (Å²) in [5.41, 5.74) is 0.0250. The molecule has 0 spiro atoms. The van der Waals surface area contributed by atoms with Crippen LogP contribution in [0, 0.1) is 11.6 Å². The van der Waals surface area contributed by atoms with Gasteiger partial charge in [-0.3, -0.25) is 4.79 Å². The normalized spacial score (nSPS) is 20.5. The summed E-state index contributed by atoms with van der Waals surface area (Å²) in [5.74, 6) is -1.90. The molecule has 1 atom stereocenters. The number of rotatable bonds is 2. The topological polar surface area (TPSA) is 32.3 Å². The minimum atomic E-state index is -0.737. The number of carbonyl (C=O) groups is 1. The van der Waals surface area contributed by atoms with Crippen LogP contribution in [0.5, 0.6) is 0 Å². The molecule has 17 heavy (non-hydrogen) atoms. The van der Waals surface area contributed by atoms with Gasteiger partial charge < -0.3 is 10.2 Å². The molecule has 1 saturated heterocycles. The number of nitrogens with one attached hydrogen (secondary N) is 1. The number of amides is 1. The van der Waals surface area contributed by atoms with Crippen LogP contribution in [0.2, 0.25) is 0 Å². The molecule has 92 valence electrons. The number of likely N-dealkylation sites (N-methyl/N-ethyl adjacent to an activating group) is 1. The van der Waals surface area contributed by atoms with E-state index in [1.807, 2.05) is 7.05 Å². The van der Waals surface area contributed by atoms with E-state index in [1.54, 1.807) is 0 Å². The lowest BCUT2D eigenvalue weighted by atomic mass is 10.1. The molecule has 0 aliphatic carbocycles. The van der Waals surface area contributed by atoms with E-state index in [-0.39, 0.29) is 11.6 Å². The minimum absolute atomic E-state index is 0.0250. The fourth-order valence-electron chi connectivity index (χ4n) is 2.01. The highest BCUT2D eigenvalue weighted by atomic mass is 19.1. The van der Waals surface area contributed by atoms with Gasteiger partial charge in [-0.15, -0.1) is 0 Å². The first kappa shape index (κ1) is 12.0. The first-order chi connectivity index (χ1) is 8.04. The van der Waals surface area contributed by atoms with E-state index >= 15 is 0 Å². The van der Waals surface area contributed by atoms with Gasteiger partial charge in [0.25, 0.3) is 5.91 Å². The summed E-state index contributed by atoms with van der Waals surface area (Å²) in [6.07, 6.45) is 0.861. The van der Waals surface area contributed by atoms with Crippen molar-refractivity contribution in [2.24, 2.45) is 0 Å². The molecule has 0 saturated carbocycles. The van der Waals surface area contributed by atoms with Crippen LogP contribution in [0.4, 0.5) is 8.78 Å². The van der Waals surface area contributed by atoms with Crippen molar-refractivity contribution in [2.75, 3.05) is 20.1 Å². The second-order valence-corrected chi connectivity index (χ2v) is 4.38. The van der Waals surface area contributed by atoms with Crippen LogP contribution < -0.4 is 5.32 Å². The number of likely N-dealkylation sites (tertiary alicyclic amines) is 1. The first-order valence-electron chi connectivity index (χ1n) is 5.50. The van der Waals surface area contributed by atoms with E-state index in [1.165, 1.54) is 0 Å². The smallest absolute Gasteiger partial charge is 0.251 e. The molecule has 1 fully saturated rings.